The van der Waals surface area contributed by atoms with Crippen molar-refractivity contribution in [1.82, 2.24) is 5.32 Å². The van der Waals surface area contributed by atoms with Gasteiger partial charge in [-0.1, -0.05) is 18.6 Å². The average Bonchev–Trinajstić information content (AvgIpc) is 2.26. The molecule has 1 aliphatic carbocycles. The first-order valence-electron chi connectivity index (χ1n) is 6.35. The number of carbonyl (C=O) groups is 1. The Labute approximate surface area is 116 Å². The summed E-state index contributed by atoms with van der Waals surface area (Å²) in [5.74, 6) is -2.24. The third-order valence-corrected chi connectivity index (χ3v) is 3.57. The number of nitrogens with two attached hydrogens (primary N) is 1. The first kappa shape index (κ1) is 16.2. The summed E-state index contributed by atoms with van der Waals surface area (Å²) in [6.07, 6.45) is -2.89. The van der Waals surface area contributed by atoms with Gasteiger partial charge >= 0.3 is 6.18 Å². The summed E-state index contributed by atoms with van der Waals surface area (Å²) in [5, 5.41) is 2.68. The van der Waals surface area contributed by atoms with Gasteiger partial charge < -0.3 is 11.1 Å². The molecule has 110 valence electrons. The van der Waals surface area contributed by atoms with Crippen LogP contribution in [0.15, 0.2) is 0 Å². The van der Waals surface area contributed by atoms with E-state index in [9.17, 15) is 18.0 Å². The van der Waals surface area contributed by atoms with Gasteiger partial charge in [-0.3, -0.25) is 4.79 Å². The highest BCUT2D eigenvalue weighted by Gasteiger charge is 2.43. The molecule has 1 saturated carbocycles. The van der Waals surface area contributed by atoms with Crippen molar-refractivity contribution >= 4 is 23.1 Å². The van der Waals surface area contributed by atoms with E-state index in [1.165, 1.54) is 0 Å². The van der Waals surface area contributed by atoms with Crippen LogP contribution in [0, 0.1) is 11.8 Å². The SMILES string of the molecule is CC(CC(N)=S)NC(=O)C1CCCC(C(F)(F)F)C1. The number of hydrogen-bond acceptors (Lipinski definition) is 2. The van der Waals surface area contributed by atoms with Gasteiger partial charge in [0, 0.05) is 18.4 Å². The number of halogens is 3. The molecule has 0 aliphatic heterocycles. The summed E-state index contributed by atoms with van der Waals surface area (Å²) < 4.78 is 37.9. The molecule has 0 saturated heterocycles. The molecule has 3 nitrogen and oxygen atoms in total. The maximum atomic E-state index is 12.6. The van der Waals surface area contributed by atoms with E-state index in [0.29, 0.717) is 19.3 Å². The zero-order valence-electron chi connectivity index (χ0n) is 10.8. The van der Waals surface area contributed by atoms with E-state index in [2.05, 4.69) is 5.32 Å². The average molecular weight is 296 g/mol. The smallest absolute Gasteiger partial charge is 0.391 e. The highest BCUT2D eigenvalue weighted by Crippen LogP contribution is 2.39. The number of hydrogen-bond donors (Lipinski definition) is 2. The molecule has 1 amide bonds. The van der Waals surface area contributed by atoms with Crippen molar-refractivity contribution in [3.63, 3.8) is 0 Å². The van der Waals surface area contributed by atoms with Crippen LogP contribution in [0.2, 0.25) is 0 Å². The topological polar surface area (TPSA) is 55.1 Å². The van der Waals surface area contributed by atoms with Crippen molar-refractivity contribution in [2.75, 3.05) is 0 Å². The molecule has 1 aliphatic rings. The Kier molecular flexibility index (Phi) is 5.58. The number of nitrogens with one attached hydrogen (secondary N) is 1. The van der Waals surface area contributed by atoms with Gasteiger partial charge in [0.15, 0.2) is 0 Å². The van der Waals surface area contributed by atoms with Crippen LogP contribution < -0.4 is 11.1 Å². The number of thiocarbonyl (C=S) groups is 1. The normalized spacial score (nSPS) is 25.7. The number of rotatable bonds is 4. The quantitative estimate of drug-likeness (QED) is 0.784. The van der Waals surface area contributed by atoms with Crippen LogP contribution in [0.25, 0.3) is 0 Å². The van der Waals surface area contributed by atoms with Gasteiger partial charge in [0.25, 0.3) is 0 Å². The molecule has 19 heavy (non-hydrogen) atoms. The fourth-order valence-electron chi connectivity index (χ4n) is 2.44. The maximum absolute atomic E-state index is 12.6. The molecule has 3 N–H and O–H groups in total. The van der Waals surface area contributed by atoms with Gasteiger partial charge in [0.1, 0.15) is 0 Å². The van der Waals surface area contributed by atoms with Crippen molar-refractivity contribution < 1.29 is 18.0 Å². The highest BCUT2D eigenvalue weighted by molar-refractivity contribution is 7.80. The molecular formula is C12H19F3N2OS. The zero-order chi connectivity index (χ0) is 14.6. The van der Waals surface area contributed by atoms with Gasteiger partial charge in [-0.15, -0.1) is 0 Å². The maximum Gasteiger partial charge on any atom is 0.391 e. The van der Waals surface area contributed by atoms with Crippen molar-refractivity contribution in [3.05, 3.63) is 0 Å². The Bertz CT molecular complexity index is 346. The zero-order valence-corrected chi connectivity index (χ0v) is 11.6. The van der Waals surface area contributed by atoms with E-state index in [1.807, 2.05) is 0 Å². The Hall–Kier alpha value is -0.850. The summed E-state index contributed by atoms with van der Waals surface area (Å²) in [7, 11) is 0. The fourth-order valence-corrected chi connectivity index (χ4v) is 2.69. The lowest BCUT2D eigenvalue weighted by molar-refractivity contribution is -0.186. The summed E-state index contributed by atoms with van der Waals surface area (Å²) in [6.45, 7) is 1.74. The van der Waals surface area contributed by atoms with Gasteiger partial charge in [0.05, 0.1) is 10.9 Å². The summed E-state index contributed by atoms with van der Waals surface area (Å²) in [6, 6.07) is -0.240. The van der Waals surface area contributed by atoms with E-state index in [4.69, 9.17) is 18.0 Å². The van der Waals surface area contributed by atoms with Crippen LogP contribution in [-0.4, -0.2) is 23.1 Å². The van der Waals surface area contributed by atoms with E-state index >= 15 is 0 Å². The largest absolute Gasteiger partial charge is 0.393 e. The van der Waals surface area contributed by atoms with Crippen molar-refractivity contribution in [3.8, 4) is 0 Å². The lowest BCUT2D eigenvalue weighted by Crippen LogP contribution is -2.42. The van der Waals surface area contributed by atoms with Crippen LogP contribution in [0.3, 0.4) is 0 Å². The Morgan fingerprint density at radius 1 is 1.47 bits per heavy atom. The molecule has 1 rings (SSSR count). The van der Waals surface area contributed by atoms with E-state index in [0.717, 1.165) is 0 Å². The van der Waals surface area contributed by atoms with Crippen LogP contribution in [0.1, 0.15) is 39.0 Å². The lowest BCUT2D eigenvalue weighted by Gasteiger charge is -2.30. The fraction of sp³-hybridized carbons (Fsp3) is 0.833. The number of alkyl halides is 3. The predicted molar refractivity (Wildman–Crippen MR) is 70.5 cm³/mol. The Morgan fingerprint density at radius 2 is 2.11 bits per heavy atom. The lowest BCUT2D eigenvalue weighted by atomic mass is 9.80. The first-order valence-corrected chi connectivity index (χ1v) is 6.76. The van der Waals surface area contributed by atoms with Crippen LogP contribution in [-0.2, 0) is 4.79 Å². The predicted octanol–water partition coefficient (Wildman–Crippen LogP) is 2.54. The molecule has 3 unspecified atom stereocenters. The summed E-state index contributed by atoms with van der Waals surface area (Å²) in [4.78, 5) is 12.2. The second kappa shape index (κ2) is 6.54. The summed E-state index contributed by atoms with van der Waals surface area (Å²) in [5.41, 5.74) is 5.36. The molecule has 0 spiro atoms. The molecule has 0 bridgehead atoms. The molecule has 0 aromatic heterocycles. The van der Waals surface area contributed by atoms with Crippen molar-refractivity contribution in [2.45, 2.75) is 51.2 Å². The standard InChI is InChI=1S/C12H19F3N2OS/c1-7(5-10(16)19)17-11(18)8-3-2-4-9(6-8)12(13,14)15/h7-9H,2-6H2,1H3,(H2,16,19)(H,17,18). The van der Waals surface area contributed by atoms with E-state index < -0.39 is 18.0 Å². The highest BCUT2D eigenvalue weighted by atomic mass is 32.1. The molecule has 0 radical (unpaired) electrons. The van der Waals surface area contributed by atoms with E-state index in [-0.39, 0.29) is 29.8 Å². The molecule has 3 atom stereocenters. The Morgan fingerprint density at radius 3 is 2.63 bits per heavy atom. The number of amides is 1. The molecule has 7 heteroatoms. The van der Waals surface area contributed by atoms with Crippen LogP contribution in [0.5, 0.6) is 0 Å². The monoisotopic (exact) mass is 296 g/mol. The molecule has 0 heterocycles. The van der Waals surface area contributed by atoms with Crippen LogP contribution >= 0.6 is 12.2 Å². The van der Waals surface area contributed by atoms with Crippen molar-refractivity contribution in [2.24, 2.45) is 17.6 Å². The third-order valence-electron chi connectivity index (χ3n) is 3.40. The van der Waals surface area contributed by atoms with Crippen LogP contribution in [0.4, 0.5) is 13.2 Å². The Balaban J connectivity index is 2.50. The molecular weight excluding hydrogens is 277 g/mol. The number of carbonyl (C=O) groups excluding carboxylic acids is 1. The minimum Gasteiger partial charge on any atom is -0.393 e. The van der Waals surface area contributed by atoms with Gasteiger partial charge in [-0.05, 0) is 26.2 Å². The molecule has 0 aromatic carbocycles. The molecule has 0 aromatic rings. The van der Waals surface area contributed by atoms with E-state index in [1.54, 1.807) is 6.92 Å². The molecule has 1 fully saturated rings. The van der Waals surface area contributed by atoms with Crippen molar-refractivity contribution in [1.29, 1.82) is 0 Å². The second-order valence-corrected chi connectivity index (χ2v) is 5.71. The van der Waals surface area contributed by atoms with Gasteiger partial charge in [-0.2, -0.15) is 13.2 Å². The minimum absolute atomic E-state index is 0.116. The van der Waals surface area contributed by atoms with Gasteiger partial charge in [-0.25, -0.2) is 0 Å². The second-order valence-electron chi connectivity index (χ2n) is 5.18. The van der Waals surface area contributed by atoms with Gasteiger partial charge in [0.2, 0.25) is 5.91 Å². The first-order chi connectivity index (χ1) is 8.70. The minimum atomic E-state index is -4.20. The third kappa shape index (κ3) is 5.34. The summed E-state index contributed by atoms with van der Waals surface area (Å²) >= 11 is 4.73.